The maximum absolute atomic E-state index is 12.8. The summed E-state index contributed by atoms with van der Waals surface area (Å²) in [6.07, 6.45) is 0. The summed E-state index contributed by atoms with van der Waals surface area (Å²) in [6.45, 7) is -3.23. The topological polar surface area (TPSA) is 159 Å². The van der Waals surface area contributed by atoms with Crippen molar-refractivity contribution in [1.29, 1.82) is 0 Å². The maximum Gasteiger partial charge on any atom is 0.254 e. The zero-order chi connectivity index (χ0) is 20.1. The molecule has 0 unspecified atom stereocenters. The van der Waals surface area contributed by atoms with Gasteiger partial charge in [-0.15, -0.1) is 0 Å². The molecule has 7 N–H and O–H groups in total. The van der Waals surface area contributed by atoms with Gasteiger partial charge in [0.2, 0.25) is 5.91 Å². The second-order valence-electron chi connectivity index (χ2n) is 5.24. The molecule has 0 bridgehead atoms. The molecule has 0 saturated heterocycles. The van der Waals surface area contributed by atoms with Crippen molar-refractivity contribution in [2.24, 2.45) is 0 Å². The van der Waals surface area contributed by atoms with Gasteiger partial charge in [0.15, 0.2) is 0 Å². The number of halogens is 3. The van der Waals surface area contributed by atoms with E-state index < -0.39 is 50.4 Å². The lowest BCUT2D eigenvalue weighted by Gasteiger charge is -2.29. The highest BCUT2D eigenvalue weighted by Gasteiger charge is 2.33. The zero-order valence-corrected chi connectivity index (χ0v) is 19.7. The van der Waals surface area contributed by atoms with Gasteiger partial charge < -0.3 is 36.2 Å². The molecule has 12 heteroatoms. The Morgan fingerprint density at radius 1 is 0.885 bits per heavy atom. The van der Waals surface area contributed by atoms with E-state index in [2.05, 4.69) is 10.6 Å². The fraction of sp³-hybridized carbons (Fsp3) is 0.429. The van der Waals surface area contributed by atoms with Crippen molar-refractivity contribution in [3.63, 3.8) is 0 Å². The summed E-state index contributed by atoms with van der Waals surface area (Å²) < 4.78 is 1.27. The summed E-state index contributed by atoms with van der Waals surface area (Å²) in [4.78, 5) is 24.4. The number of benzene rings is 1. The Kier molecular flexibility index (Phi) is 9.89. The van der Waals surface area contributed by atoms with Gasteiger partial charge in [-0.05, 0) is 67.8 Å². The van der Waals surface area contributed by atoms with E-state index in [9.17, 15) is 30.0 Å². The molecule has 9 nitrogen and oxygen atoms in total. The van der Waals surface area contributed by atoms with E-state index >= 15 is 0 Å². The molecular formula is C14H17I3N2O7. The first-order valence-electron chi connectivity index (χ1n) is 7.07. The first-order chi connectivity index (χ1) is 12.2. The van der Waals surface area contributed by atoms with Gasteiger partial charge in [0.05, 0.1) is 41.2 Å². The number of anilines is 1. The molecule has 0 aliphatic rings. The van der Waals surface area contributed by atoms with Crippen LogP contribution in [0, 0.1) is 10.7 Å². The quantitative estimate of drug-likeness (QED) is 0.178. The molecule has 2 amide bonds. The van der Waals surface area contributed by atoms with Crippen LogP contribution in [0.1, 0.15) is 15.9 Å². The molecule has 0 radical (unpaired) electrons. The first kappa shape index (κ1) is 24.2. The molecular weight excluding hydrogens is 689 g/mol. The highest BCUT2D eigenvalue weighted by Crippen LogP contribution is 2.36. The van der Waals surface area contributed by atoms with Crippen molar-refractivity contribution in [2.45, 2.75) is 12.1 Å². The molecule has 0 aromatic heterocycles. The molecule has 0 saturated carbocycles. The van der Waals surface area contributed by atoms with Crippen LogP contribution < -0.4 is 10.6 Å². The summed E-state index contributed by atoms with van der Waals surface area (Å²) in [6, 6.07) is 0. The van der Waals surface area contributed by atoms with Crippen LogP contribution in [0.5, 0.6) is 0 Å². The van der Waals surface area contributed by atoms with Gasteiger partial charge in [0.25, 0.3) is 5.91 Å². The first-order valence-corrected chi connectivity index (χ1v) is 10.3. The Morgan fingerprint density at radius 3 is 1.85 bits per heavy atom. The van der Waals surface area contributed by atoms with Crippen molar-refractivity contribution in [2.75, 3.05) is 31.7 Å². The average Bonchev–Trinajstić information content (AvgIpc) is 2.63. The summed E-state index contributed by atoms with van der Waals surface area (Å²) in [5.74, 6) is -1.39. The molecule has 1 aromatic rings. The standard InChI is InChI=1S/C14H17I3N2O7/c15-9-6(1-20)10(16)12(18-7(25)2-21)11(17)8(9)13(26)19-14(3-22,4-23)5-24/h20-24H,1-5H2,(H,18,25)(H,19,26). The van der Waals surface area contributed by atoms with Gasteiger partial charge in [0.1, 0.15) is 12.1 Å². The van der Waals surface area contributed by atoms with Crippen molar-refractivity contribution in [3.05, 3.63) is 21.8 Å². The third-order valence-corrected chi connectivity index (χ3v) is 6.95. The normalized spacial score (nSPS) is 11.4. The van der Waals surface area contributed by atoms with Crippen LogP contribution in [0.3, 0.4) is 0 Å². The van der Waals surface area contributed by atoms with E-state index in [1.54, 1.807) is 0 Å². The minimum atomic E-state index is -1.62. The van der Waals surface area contributed by atoms with Gasteiger partial charge in [-0.25, -0.2) is 0 Å². The largest absolute Gasteiger partial charge is 0.394 e. The Hall–Kier alpha value is 0.150. The van der Waals surface area contributed by atoms with E-state index in [0.717, 1.165) is 0 Å². The van der Waals surface area contributed by atoms with E-state index in [0.29, 0.717) is 16.3 Å². The van der Waals surface area contributed by atoms with Crippen LogP contribution in [0.15, 0.2) is 0 Å². The number of aliphatic hydroxyl groups is 5. The van der Waals surface area contributed by atoms with Crippen LogP contribution in [0.25, 0.3) is 0 Å². The lowest BCUT2D eigenvalue weighted by molar-refractivity contribution is -0.118. The third kappa shape index (κ3) is 5.15. The van der Waals surface area contributed by atoms with Gasteiger partial charge in [0, 0.05) is 12.7 Å². The minimum absolute atomic E-state index is 0.101. The fourth-order valence-electron chi connectivity index (χ4n) is 1.91. The molecule has 26 heavy (non-hydrogen) atoms. The van der Waals surface area contributed by atoms with Crippen molar-refractivity contribution in [3.8, 4) is 0 Å². The SMILES string of the molecule is O=C(CO)Nc1c(I)c(CO)c(I)c(C(=O)NC(CO)(CO)CO)c1I. The maximum atomic E-state index is 12.8. The van der Waals surface area contributed by atoms with Crippen LogP contribution in [0.4, 0.5) is 5.69 Å². The van der Waals surface area contributed by atoms with E-state index in [1.807, 2.05) is 67.8 Å². The Morgan fingerprint density at radius 2 is 1.42 bits per heavy atom. The molecule has 0 aliphatic carbocycles. The fourth-order valence-corrected chi connectivity index (χ4v) is 6.18. The molecule has 1 aromatic carbocycles. The van der Waals surface area contributed by atoms with Crippen LogP contribution in [0.2, 0.25) is 0 Å². The predicted octanol–water partition coefficient (Wildman–Crippen LogP) is -0.631. The lowest BCUT2D eigenvalue weighted by atomic mass is 10.0. The van der Waals surface area contributed by atoms with E-state index in [4.69, 9.17) is 5.11 Å². The number of hydrogen-bond donors (Lipinski definition) is 7. The Balaban J connectivity index is 3.53. The van der Waals surface area contributed by atoms with Crippen LogP contribution in [-0.4, -0.2) is 69.3 Å². The molecule has 1 rings (SSSR count). The Bertz CT molecular complexity index is 688. The molecule has 0 fully saturated rings. The summed E-state index contributed by atoms with van der Waals surface area (Å²) in [7, 11) is 0. The predicted molar refractivity (Wildman–Crippen MR) is 118 cm³/mol. The smallest absolute Gasteiger partial charge is 0.254 e. The molecule has 146 valence electrons. The van der Waals surface area contributed by atoms with E-state index in [-0.39, 0.29) is 11.3 Å². The van der Waals surface area contributed by atoms with Gasteiger partial charge >= 0.3 is 0 Å². The second-order valence-corrected chi connectivity index (χ2v) is 8.48. The number of hydrogen-bond acceptors (Lipinski definition) is 7. The third-order valence-electron chi connectivity index (χ3n) is 3.49. The van der Waals surface area contributed by atoms with Gasteiger partial charge in [-0.1, -0.05) is 0 Å². The number of nitrogens with one attached hydrogen (secondary N) is 2. The van der Waals surface area contributed by atoms with Crippen molar-refractivity contribution >= 4 is 85.3 Å². The number of carbonyl (C=O) groups excluding carboxylic acids is 2. The minimum Gasteiger partial charge on any atom is -0.394 e. The van der Waals surface area contributed by atoms with Gasteiger partial charge in [-0.3, -0.25) is 9.59 Å². The molecule has 0 spiro atoms. The Labute approximate surface area is 190 Å². The monoisotopic (exact) mass is 706 g/mol. The van der Waals surface area contributed by atoms with Crippen LogP contribution in [-0.2, 0) is 11.4 Å². The summed E-state index contributed by atoms with van der Waals surface area (Å²) in [5, 5.41) is 51.7. The average molecular weight is 706 g/mol. The zero-order valence-electron chi connectivity index (χ0n) is 13.2. The van der Waals surface area contributed by atoms with Gasteiger partial charge in [-0.2, -0.15) is 0 Å². The summed E-state index contributed by atoms with van der Waals surface area (Å²) in [5.41, 5.74) is -0.876. The summed E-state index contributed by atoms with van der Waals surface area (Å²) >= 11 is 5.63. The number of amides is 2. The lowest BCUT2D eigenvalue weighted by Crippen LogP contribution is -2.57. The number of rotatable bonds is 8. The van der Waals surface area contributed by atoms with Crippen molar-refractivity contribution < 1.29 is 35.1 Å². The van der Waals surface area contributed by atoms with Crippen molar-refractivity contribution in [1.82, 2.24) is 5.32 Å². The highest BCUT2D eigenvalue weighted by molar-refractivity contribution is 14.1. The highest BCUT2D eigenvalue weighted by atomic mass is 127. The second kappa shape index (κ2) is 10.6. The number of aliphatic hydroxyl groups excluding tert-OH is 5. The molecule has 0 heterocycles. The van der Waals surface area contributed by atoms with E-state index in [1.165, 1.54) is 0 Å². The molecule has 0 atom stereocenters. The number of carbonyl (C=O) groups is 2. The van der Waals surface area contributed by atoms with Crippen LogP contribution >= 0.6 is 67.8 Å². The molecule has 0 aliphatic heterocycles.